The number of carbonyl (C=O) groups excluding carboxylic acids is 1. The average Bonchev–Trinajstić information content (AvgIpc) is 2.33. The number of amides is 1. The van der Waals surface area contributed by atoms with Crippen LogP contribution in [0.2, 0.25) is 0 Å². The van der Waals surface area contributed by atoms with Gasteiger partial charge in [0.25, 0.3) is 0 Å². The van der Waals surface area contributed by atoms with E-state index in [1.807, 2.05) is 0 Å². The molecule has 0 aromatic carbocycles. The van der Waals surface area contributed by atoms with Crippen LogP contribution in [0.15, 0.2) is 0 Å². The molecule has 1 fully saturated rings. The number of hydrogen-bond acceptors (Lipinski definition) is 1. The summed E-state index contributed by atoms with van der Waals surface area (Å²) in [6.07, 6.45) is 4.51. The van der Waals surface area contributed by atoms with Crippen molar-refractivity contribution in [1.29, 1.82) is 0 Å². The third-order valence-corrected chi connectivity index (χ3v) is 2.55. The molecule has 1 rings (SSSR count). The van der Waals surface area contributed by atoms with Gasteiger partial charge in [-0.05, 0) is 18.8 Å². The van der Waals surface area contributed by atoms with Crippen LogP contribution in [0.4, 0.5) is 0 Å². The number of rotatable bonds is 2. The summed E-state index contributed by atoms with van der Waals surface area (Å²) in [6.45, 7) is 2.13. The molecule has 58 valence electrons. The van der Waals surface area contributed by atoms with E-state index in [4.69, 9.17) is 5.73 Å². The third kappa shape index (κ3) is 1.31. The van der Waals surface area contributed by atoms with Crippen LogP contribution in [0.5, 0.6) is 0 Å². The summed E-state index contributed by atoms with van der Waals surface area (Å²) < 4.78 is 0. The van der Waals surface area contributed by atoms with E-state index >= 15 is 0 Å². The molecule has 2 N–H and O–H groups in total. The van der Waals surface area contributed by atoms with E-state index in [0.717, 1.165) is 12.8 Å². The number of primary amides is 1. The van der Waals surface area contributed by atoms with E-state index in [0.29, 0.717) is 5.92 Å². The zero-order chi connectivity index (χ0) is 7.56. The summed E-state index contributed by atoms with van der Waals surface area (Å²) in [5, 5.41) is 0. The lowest BCUT2D eigenvalue weighted by Gasteiger charge is -2.12. The monoisotopic (exact) mass is 141 g/mol. The van der Waals surface area contributed by atoms with Gasteiger partial charge in [-0.3, -0.25) is 4.79 Å². The van der Waals surface area contributed by atoms with Crippen molar-refractivity contribution in [2.24, 2.45) is 17.6 Å². The molecule has 1 aliphatic carbocycles. The van der Waals surface area contributed by atoms with Gasteiger partial charge >= 0.3 is 0 Å². The molecule has 1 amide bonds. The highest BCUT2D eigenvalue weighted by atomic mass is 16.1. The van der Waals surface area contributed by atoms with Crippen molar-refractivity contribution >= 4 is 5.91 Å². The smallest absolute Gasteiger partial charge is 0.220 e. The van der Waals surface area contributed by atoms with Gasteiger partial charge in [0.1, 0.15) is 0 Å². The highest BCUT2D eigenvalue weighted by molar-refractivity contribution is 5.77. The Hall–Kier alpha value is -0.530. The zero-order valence-electron chi connectivity index (χ0n) is 6.47. The fourth-order valence-corrected chi connectivity index (χ4v) is 1.90. The summed E-state index contributed by atoms with van der Waals surface area (Å²) >= 11 is 0. The zero-order valence-corrected chi connectivity index (χ0v) is 6.47. The molecule has 0 heterocycles. The van der Waals surface area contributed by atoms with Gasteiger partial charge in [0.15, 0.2) is 0 Å². The van der Waals surface area contributed by atoms with Gasteiger partial charge in [-0.25, -0.2) is 0 Å². The molecule has 0 unspecified atom stereocenters. The molecular formula is C8H15NO. The van der Waals surface area contributed by atoms with E-state index in [1.54, 1.807) is 0 Å². The maximum atomic E-state index is 10.8. The first-order valence-corrected chi connectivity index (χ1v) is 4.05. The molecule has 0 aliphatic heterocycles. The first-order valence-electron chi connectivity index (χ1n) is 4.05. The Kier molecular flexibility index (Phi) is 2.30. The van der Waals surface area contributed by atoms with Crippen LogP contribution in [0, 0.1) is 11.8 Å². The predicted molar refractivity (Wildman–Crippen MR) is 40.3 cm³/mol. The molecule has 10 heavy (non-hydrogen) atoms. The molecule has 2 nitrogen and oxygen atoms in total. The Morgan fingerprint density at radius 3 is 2.70 bits per heavy atom. The highest BCUT2D eigenvalue weighted by Crippen LogP contribution is 2.33. The molecule has 0 bridgehead atoms. The Labute approximate surface area is 61.8 Å². The van der Waals surface area contributed by atoms with Gasteiger partial charge in [0.05, 0.1) is 0 Å². The fraction of sp³-hybridized carbons (Fsp3) is 0.875. The standard InChI is InChI=1S/C8H15NO/c1-2-6-4-3-5-7(6)8(9)10/h6-7H,2-5H2,1H3,(H2,9,10)/t6-,7+/m1/s1. The van der Waals surface area contributed by atoms with E-state index < -0.39 is 0 Å². The topological polar surface area (TPSA) is 43.1 Å². The van der Waals surface area contributed by atoms with Crippen LogP contribution in [0.25, 0.3) is 0 Å². The second kappa shape index (κ2) is 3.04. The van der Waals surface area contributed by atoms with E-state index in [9.17, 15) is 4.79 Å². The van der Waals surface area contributed by atoms with Crippen LogP contribution in [-0.2, 0) is 4.79 Å². The van der Waals surface area contributed by atoms with Crippen molar-refractivity contribution in [3.8, 4) is 0 Å². The van der Waals surface area contributed by atoms with Crippen molar-refractivity contribution in [2.45, 2.75) is 32.6 Å². The molecule has 0 aromatic heterocycles. The van der Waals surface area contributed by atoms with Crippen LogP contribution in [0.1, 0.15) is 32.6 Å². The summed E-state index contributed by atoms with van der Waals surface area (Å²) in [5.74, 6) is 0.673. The van der Waals surface area contributed by atoms with Crippen LogP contribution in [0.3, 0.4) is 0 Å². The van der Waals surface area contributed by atoms with Crippen LogP contribution in [-0.4, -0.2) is 5.91 Å². The van der Waals surface area contributed by atoms with E-state index in [1.165, 1.54) is 12.8 Å². The number of carbonyl (C=O) groups is 1. The summed E-state index contributed by atoms with van der Waals surface area (Å²) in [4.78, 5) is 10.8. The van der Waals surface area contributed by atoms with Crippen molar-refractivity contribution in [3.63, 3.8) is 0 Å². The lowest BCUT2D eigenvalue weighted by atomic mass is 9.93. The predicted octanol–water partition coefficient (Wildman–Crippen LogP) is 1.30. The third-order valence-electron chi connectivity index (χ3n) is 2.55. The molecular weight excluding hydrogens is 126 g/mol. The Bertz CT molecular complexity index is 133. The second-order valence-corrected chi connectivity index (χ2v) is 3.11. The number of nitrogens with two attached hydrogens (primary N) is 1. The molecule has 1 saturated carbocycles. The van der Waals surface area contributed by atoms with Gasteiger partial charge in [0, 0.05) is 5.92 Å². The largest absolute Gasteiger partial charge is 0.369 e. The fourth-order valence-electron chi connectivity index (χ4n) is 1.90. The maximum Gasteiger partial charge on any atom is 0.220 e. The molecule has 0 aromatic rings. The summed E-state index contributed by atoms with van der Waals surface area (Å²) in [6, 6.07) is 0. The molecule has 0 saturated heterocycles. The lowest BCUT2D eigenvalue weighted by Crippen LogP contribution is -2.25. The van der Waals surface area contributed by atoms with Gasteiger partial charge in [0.2, 0.25) is 5.91 Å². The highest BCUT2D eigenvalue weighted by Gasteiger charge is 2.29. The van der Waals surface area contributed by atoms with Crippen LogP contribution >= 0.6 is 0 Å². The van der Waals surface area contributed by atoms with E-state index in [-0.39, 0.29) is 11.8 Å². The maximum absolute atomic E-state index is 10.8. The molecule has 0 radical (unpaired) electrons. The van der Waals surface area contributed by atoms with Gasteiger partial charge in [-0.15, -0.1) is 0 Å². The Morgan fingerprint density at radius 1 is 1.60 bits per heavy atom. The van der Waals surface area contributed by atoms with E-state index in [2.05, 4.69) is 6.92 Å². The minimum atomic E-state index is -0.0932. The number of hydrogen-bond donors (Lipinski definition) is 1. The van der Waals surface area contributed by atoms with Gasteiger partial charge in [-0.2, -0.15) is 0 Å². The Balaban J connectivity index is 2.50. The van der Waals surface area contributed by atoms with Crippen molar-refractivity contribution < 1.29 is 4.79 Å². The van der Waals surface area contributed by atoms with Crippen molar-refractivity contribution in [3.05, 3.63) is 0 Å². The SMILES string of the molecule is CC[C@@H]1CCC[C@@H]1C(N)=O. The molecule has 2 atom stereocenters. The Morgan fingerprint density at radius 2 is 2.30 bits per heavy atom. The molecule has 1 aliphatic rings. The summed E-state index contributed by atoms with van der Waals surface area (Å²) in [5.41, 5.74) is 5.22. The first-order chi connectivity index (χ1) is 4.75. The lowest BCUT2D eigenvalue weighted by molar-refractivity contribution is -0.122. The molecule has 0 spiro atoms. The average molecular weight is 141 g/mol. The van der Waals surface area contributed by atoms with Gasteiger partial charge in [-0.1, -0.05) is 19.8 Å². The minimum Gasteiger partial charge on any atom is -0.369 e. The minimum absolute atomic E-state index is 0.0932. The molecule has 2 heteroatoms. The second-order valence-electron chi connectivity index (χ2n) is 3.11. The van der Waals surface area contributed by atoms with Crippen molar-refractivity contribution in [1.82, 2.24) is 0 Å². The van der Waals surface area contributed by atoms with Crippen molar-refractivity contribution in [2.75, 3.05) is 0 Å². The van der Waals surface area contributed by atoms with Gasteiger partial charge < -0.3 is 5.73 Å². The quantitative estimate of drug-likeness (QED) is 0.618. The normalized spacial score (nSPS) is 32.5. The summed E-state index contributed by atoms with van der Waals surface area (Å²) in [7, 11) is 0. The van der Waals surface area contributed by atoms with Crippen LogP contribution < -0.4 is 5.73 Å². The first kappa shape index (κ1) is 7.58.